The Labute approximate surface area is 110 Å². The summed E-state index contributed by atoms with van der Waals surface area (Å²) < 4.78 is 0. The van der Waals surface area contributed by atoms with Crippen molar-refractivity contribution in [3.63, 3.8) is 0 Å². The molecule has 0 radical (unpaired) electrons. The summed E-state index contributed by atoms with van der Waals surface area (Å²) >= 11 is 0. The van der Waals surface area contributed by atoms with Crippen LogP contribution in [0.1, 0.15) is 45.2 Å². The van der Waals surface area contributed by atoms with Crippen LogP contribution in [0.2, 0.25) is 0 Å². The molecule has 0 aliphatic heterocycles. The largest absolute Gasteiger partial charge is 0.357 e. The summed E-state index contributed by atoms with van der Waals surface area (Å²) in [4.78, 5) is 6.93. The quantitative estimate of drug-likeness (QED) is 0.893. The first-order chi connectivity index (χ1) is 8.52. The highest BCUT2D eigenvalue weighted by molar-refractivity contribution is 5.39. The Morgan fingerprint density at radius 2 is 2.00 bits per heavy atom. The third-order valence-electron chi connectivity index (χ3n) is 4.22. The first-order valence-electron chi connectivity index (χ1n) is 6.91. The van der Waals surface area contributed by atoms with E-state index >= 15 is 0 Å². The Hall–Kier alpha value is -1.09. The predicted octanol–water partition coefficient (Wildman–Crippen LogP) is 2.95. The van der Waals surface area contributed by atoms with Gasteiger partial charge in [-0.1, -0.05) is 19.9 Å². The molecule has 1 fully saturated rings. The fraction of sp³-hybridized carbons (Fsp3) is 0.667. The summed E-state index contributed by atoms with van der Waals surface area (Å²) in [5.41, 5.74) is 7.14. The van der Waals surface area contributed by atoms with Crippen LogP contribution in [0.5, 0.6) is 0 Å². The van der Waals surface area contributed by atoms with E-state index in [0.717, 1.165) is 11.5 Å². The zero-order chi connectivity index (χ0) is 13.2. The maximum atomic E-state index is 5.65. The Bertz CT molecular complexity index is 390. The Morgan fingerprint density at radius 1 is 1.33 bits per heavy atom. The summed E-state index contributed by atoms with van der Waals surface area (Å²) in [6.45, 7) is 5.26. The average molecular weight is 247 g/mol. The van der Waals surface area contributed by atoms with Crippen LogP contribution in [0, 0.1) is 5.41 Å². The molecule has 0 spiro atoms. The molecule has 2 rings (SSSR count). The minimum atomic E-state index is 0.513. The van der Waals surface area contributed by atoms with E-state index in [1.165, 1.54) is 25.7 Å². The number of nitrogens with two attached hydrogens (primary N) is 1. The molecule has 0 atom stereocenters. The van der Waals surface area contributed by atoms with Crippen molar-refractivity contribution in [3.8, 4) is 0 Å². The summed E-state index contributed by atoms with van der Waals surface area (Å²) in [5, 5.41) is 0. The van der Waals surface area contributed by atoms with Gasteiger partial charge in [-0.3, -0.25) is 0 Å². The lowest BCUT2D eigenvalue weighted by Gasteiger charge is -2.39. The van der Waals surface area contributed by atoms with Crippen LogP contribution in [-0.4, -0.2) is 18.1 Å². The van der Waals surface area contributed by atoms with Gasteiger partial charge in [0.05, 0.1) is 5.69 Å². The molecule has 100 valence electrons. The Kier molecular flexibility index (Phi) is 3.91. The molecule has 0 bridgehead atoms. The van der Waals surface area contributed by atoms with Crippen LogP contribution >= 0.6 is 0 Å². The van der Waals surface area contributed by atoms with Crippen molar-refractivity contribution in [3.05, 3.63) is 23.9 Å². The molecular formula is C15H25N3. The topological polar surface area (TPSA) is 42.1 Å². The van der Waals surface area contributed by atoms with E-state index in [1.54, 1.807) is 0 Å². The molecule has 1 aliphatic carbocycles. The van der Waals surface area contributed by atoms with E-state index < -0.39 is 0 Å². The molecule has 3 nitrogen and oxygen atoms in total. The predicted molar refractivity (Wildman–Crippen MR) is 76.6 cm³/mol. The number of hydrogen-bond donors (Lipinski definition) is 1. The normalized spacial score (nSPS) is 19.8. The second kappa shape index (κ2) is 5.27. The van der Waals surface area contributed by atoms with Gasteiger partial charge >= 0.3 is 0 Å². The summed E-state index contributed by atoms with van der Waals surface area (Å²) in [5.74, 6) is 1.06. The van der Waals surface area contributed by atoms with Gasteiger partial charge < -0.3 is 10.6 Å². The number of anilines is 1. The molecule has 1 saturated carbocycles. The molecule has 1 aliphatic rings. The molecular weight excluding hydrogens is 222 g/mol. The van der Waals surface area contributed by atoms with E-state index in [4.69, 9.17) is 5.73 Å². The highest BCUT2D eigenvalue weighted by atomic mass is 15.2. The van der Waals surface area contributed by atoms with Gasteiger partial charge in [-0.15, -0.1) is 0 Å². The standard InChI is InChI=1S/C15H25N3/c1-15(2)9-7-13(8-10-15)18(3)14-6-4-5-12(11-16)17-14/h4-6,13H,7-11,16H2,1-3H3. The van der Waals surface area contributed by atoms with Crippen molar-refractivity contribution in [2.45, 2.75) is 52.1 Å². The van der Waals surface area contributed by atoms with Crippen LogP contribution in [0.15, 0.2) is 18.2 Å². The number of hydrogen-bond acceptors (Lipinski definition) is 3. The van der Waals surface area contributed by atoms with E-state index in [9.17, 15) is 0 Å². The van der Waals surface area contributed by atoms with Crippen molar-refractivity contribution < 1.29 is 0 Å². The molecule has 0 saturated heterocycles. The monoisotopic (exact) mass is 247 g/mol. The molecule has 1 aromatic heterocycles. The molecule has 0 aromatic carbocycles. The van der Waals surface area contributed by atoms with Crippen molar-refractivity contribution in [1.29, 1.82) is 0 Å². The van der Waals surface area contributed by atoms with Gasteiger partial charge in [0.2, 0.25) is 0 Å². The SMILES string of the molecule is CN(c1cccc(CN)n1)C1CCC(C)(C)CC1. The molecule has 3 heteroatoms. The van der Waals surface area contributed by atoms with Crippen molar-refractivity contribution >= 4 is 5.82 Å². The number of pyridine rings is 1. The second-order valence-corrected chi connectivity index (χ2v) is 6.20. The first-order valence-corrected chi connectivity index (χ1v) is 6.91. The lowest BCUT2D eigenvalue weighted by atomic mass is 9.75. The van der Waals surface area contributed by atoms with Gasteiger partial charge in [-0.25, -0.2) is 4.98 Å². The molecule has 1 aromatic rings. The van der Waals surface area contributed by atoms with Gasteiger partial charge in [-0.05, 0) is 43.2 Å². The fourth-order valence-corrected chi connectivity index (χ4v) is 2.74. The third kappa shape index (κ3) is 3.02. The van der Waals surface area contributed by atoms with Gasteiger partial charge in [0.15, 0.2) is 0 Å². The summed E-state index contributed by atoms with van der Waals surface area (Å²) in [6.07, 6.45) is 5.13. The number of nitrogens with zero attached hydrogens (tertiary/aromatic N) is 2. The first kappa shape index (κ1) is 13.3. The maximum absolute atomic E-state index is 5.65. The van der Waals surface area contributed by atoms with Crippen molar-refractivity contribution in [2.24, 2.45) is 11.1 Å². The molecule has 0 amide bonds. The third-order valence-corrected chi connectivity index (χ3v) is 4.22. The number of rotatable bonds is 3. The van der Waals surface area contributed by atoms with Gasteiger partial charge in [0.25, 0.3) is 0 Å². The Morgan fingerprint density at radius 3 is 2.61 bits per heavy atom. The second-order valence-electron chi connectivity index (χ2n) is 6.20. The minimum absolute atomic E-state index is 0.513. The van der Waals surface area contributed by atoms with Crippen LogP contribution < -0.4 is 10.6 Å². The van der Waals surface area contributed by atoms with E-state index in [-0.39, 0.29) is 0 Å². The zero-order valence-electron chi connectivity index (χ0n) is 11.8. The van der Waals surface area contributed by atoms with Crippen molar-refractivity contribution in [2.75, 3.05) is 11.9 Å². The van der Waals surface area contributed by atoms with Crippen LogP contribution in [-0.2, 0) is 6.54 Å². The average Bonchev–Trinajstić information content (AvgIpc) is 2.38. The minimum Gasteiger partial charge on any atom is -0.357 e. The lowest BCUT2D eigenvalue weighted by Crippen LogP contribution is -2.37. The smallest absolute Gasteiger partial charge is 0.128 e. The zero-order valence-corrected chi connectivity index (χ0v) is 11.8. The maximum Gasteiger partial charge on any atom is 0.128 e. The lowest BCUT2D eigenvalue weighted by molar-refractivity contribution is 0.222. The van der Waals surface area contributed by atoms with Crippen LogP contribution in [0.25, 0.3) is 0 Å². The molecule has 18 heavy (non-hydrogen) atoms. The number of aromatic nitrogens is 1. The van der Waals surface area contributed by atoms with Crippen LogP contribution in [0.3, 0.4) is 0 Å². The van der Waals surface area contributed by atoms with E-state index in [0.29, 0.717) is 18.0 Å². The molecule has 1 heterocycles. The summed E-state index contributed by atoms with van der Waals surface area (Å²) in [7, 11) is 2.16. The van der Waals surface area contributed by atoms with Crippen LogP contribution in [0.4, 0.5) is 5.82 Å². The van der Waals surface area contributed by atoms with Gasteiger partial charge in [0.1, 0.15) is 5.82 Å². The van der Waals surface area contributed by atoms with Gasteiger partial charge in [-0.2, -0.15) is 0 Å². The van der Waals surface area contributed by atoms with E-state index in [2.05, 4.69) is 36.8 Å². The molecule has 0 unspecified atom stereocenters. The molecule has 2 N–H and O–H groups in total. The Balaban J connectivity index is 2.05. The summed E-state index contributed by atoms with van der Waals surface area (Å²) in [6, 6.07) is 6.74. The fourth-order valence-electron chi connectivity index (χ4n) is 2.74. The van der Waals surface area contributed by atoms with Gasteiger partial charge in [0, 0.05) is 19.6 Å². The van der Waals surface area contributed by atoms with Crippen molar-refractivity contribution in [1.82, 2.24) is 4.98 Å². The van der Waals surface area contributed by atoms with E-state index in [1.807, 2.05) is 12.1 Å². The highest BCUT2D eigenvalue weighted by Gasteiger charge is 2.29. The highest BCUT2D eigenvalue weighted by Crippen LogP contribution is 2.37.